The summed E-state index contributed by atoms with van der Waals surface area (Å²) in [5.41, 5.74) is 1.11. The van der Waals surface area contributed by atoms with E-state index in [9.17, 15) is 9.59 Å². The van der Waals surface area contributed by atoms with E-state index in [1.165, 1.54) is 18.2 Å². The number of benzene rings is 2. The van der Waals surface area contributed by atoms with E-state index in [4.69, 9.17) is 14.3 Å². The topological polar surface area (TPSA) is 76.7 Å². The van der Waals surface area contributed by atoms with Crippen LogP contribution in [0.1, 0.15) is 23.7 Å². The first-order chi connectivity index (χ1) is 11.6. The largest absolute Gasteiger partial charge is 0.494 e. The second-order valence-corrected chi connectivity index (χ2v) is 5.36. The monoisotopic (exact) mass is 324 g/mol. The van der Waals surface area contributed by atoms with Gasteiger partial charge in [-0.15, -0.1) is 0 Å². The number of fused-ring (bicyclic) bond motifs is 1. The molecular weight excluding hydrogens is 308 g/mol. The standard InChI is InChI=1S/C19H16O5/c1-2-9-23-14-7-8-17-15(10-14)16(20)11-18(24-17)12-3-5-13(6-4-12)19(21)22/h3-8,10-11H,2,9H2,1H3,(H,21,22). The van der Waals surface area contributed by atoms with Crippen molar-refractivity contribution in [1.82, 2.24) is 0 Å². The molecule has 0 saturated carbocycles. The summed E-state index contributed by atoms with van der Waals surface area (Å²) in [6, 6.07) is 12.7. The number of hydrogen-bond acceptors (Lipinski definition) is 4. The molecule has 3 aromatic rings. The van der Waals surface area contributed by atoms with E-state index in [0.29, 0.717) is 34.6 Å². The highest BCUT2D eigenvalue weighted by Gasteiger charge is 2.09. The van der Waals surface area contributed by atoms with Crippen LogP contribution in [-0.4, -0.2) is 17.7 Å². The molecule has 0 atom stereocenters. The molecule has 0 amide bonds. The Morgan fingerprint density at radius 2 is 1.88 bits per heavy atom. The number of carbonyl (C=O) groups is 1. The summed E-state index contributed by atoms with van der Waals surface area (Å²) >= 11 is 0. The number of aromatic carboxylic acids is 1. The van der Waals surface area contributed by atoms with Gasteiger partial charge in [-0.05, 0) is 36.8 Å². The molecule has 3 rings (SSSR count). The molecule has 0 bridgehead atoms. The lowest BCUT2D eigenvalue weighted by Gasteiger charge is -2.07. The van der Waals surface area contributed by atoms with Crippen molar-refractivity contribution in [3.63, 3.8) is 0 Å². The van der Waals surface area contributed by atoms with Crippen LogP contribution in [0.4, 0.5) is 0 Å². The van der Waals surface area contributed by atoms with E-state index in [0.717, 1.165) is 6.42 Å². The van der Waals surface area contributed by atoms with E-state index < -0.39 is 5.97 Å². The molecule has 0 spiro atoms. The lowest BCUT2D eigenvalue weighted by molar-refractivity contribution is 0.0697. The maximum absolute atomic E-state index is 12.4. The predicted octanol–water partition coefficient (Wildman–Crippen LogP) is 3.95. The highest BCUT2D eigenvalue weighted by atomic mass is 16.5. The molecule has 0 saturated heterocycles. The van der Waals surface area contributed by atoms with Gasteiger partial charge >= 0.3 is 5.97 Å². The Kier molecular flexibility index (Phi) is 4.33. The highest BCUT2D eigenvalue weighted by molar-refractivity contribution is 5.88. The SMILES string of the molecule is CCCOc1ccc2oc(-c3ccc(C(=O)O)cc3)cc(=O)c2c1. The zero-order valence-corrected chi connectivity index (χ0v) is 13.1. The third kappa shape index (κ3) is 3.15. The summed E-state index contributed by atoms with van der Waals surface area (Å²) in [6.45, 7) is 2.60. The van der Waals surface area contributed by atoms with Crippen LogP contribution in [0.5, 0.6) is 5.75 Å². The second kappa shape index (κ2) is 6.58. The molecular formula is C19H16O5. The first-order valence-corrected chi connectivity index (χ1v) is 7.63. The van der Waals surface area contributed by atoms with E-state index in [1.807, 2.05) is 6.92 Å². The van der Waals surface area contributed by atoms with Crippen LogP contribution in [0, 0.1) is 0 Å². The molecule has 2 aromatic carbocycles. The van der Waals surface area contributed by atoms with Crippen molar-refractivity contribution >= 4 is 16.9 Å². The third-order valence-corrected chi connectivity index (χ3v) is 3.59. The fourth-order valence-electron chi connectivity index (χ4n) is 2.36. The first-order valence-electron chi connectivity index (χ1n) is 7.63. The average molecular weight is 324 g/mol. The van der Waals surface area contributed by atoms with E-state index >= 15 is 0 Å². The minimum atomic E-state index is -0.999. The van der Waals surface area contributed by atoms with Crippen LogP contribution < -0.4 is 10.2 Å². The maximum atomic E-state index is 12.4. The zero-order valence-electron chi connectivity index (χ0n) is 13.1. The second-order valence-electron chi connectivity index (χ2n) is 5.36. The fourth-order valence-corrected chi connectivity index (χ4v) is 2.36. The normalized spacial score (nSPS) is 10.7. The summed E-state index contributed by atoms with van der Waals surface area (Å²) < 4.78 is 11.3. The van der Waals surface area contributed by atoms with Crippen LogP contribution in [-0.2, 0) is 0 Å². The fraction of sp³-hybridized carbons (Fsp3) is 0.158. The van der Waals surface area contributed by atoms with Gasteiger partial charge in [-0.25, -0.2) is 4.79 Å². The number of carboxylic acids is 1. The van der Waals surface area contributed by atoms with Gasteiger partial charge in [0, 0.05) is 11.6 Å². The molecule has 24 heavy (non-hydrogen) atoms. The molecule has 0 unspecified atom stereocenters. The van der Waals surface area contributed by atoms with Crippen molar-refractivity contribution in [2.24, 2.45) is 0 Å². The van der Waals surface area contributed by atoms with Gasteiger partial charge in [0.15, 0.2) is 5.43 Å². The molecule has 0 aliphatic carbocycles. The van der Waals surface area contributed by atoms with Crippen molar-refractivity contribution in [1.29, 1.82) is 0 Å². The van der Waals surface area contributed by atoms with E-state index in [1.54, 1.807) is 30.3 Å². The Hall–Kier alpha value is -3.08. The van der Waals surface area contributed by atoms with E-state index in [2.05, 4.69) is 0 Å². The first kappa shape index (κ1) is 15.8. The number of carboxylic acid groups (broad SMARTS) is 1. The third-order valence-electron chi connectivity index (χ3n) is 3.59. The van der Waals surface area contributed by atoms with Crippen LogP contribution in [0.2, 0.25) is 0 Å². The average Bonchev–Trinajstić information content (AvgIpc) is 2.60. The molecule has 122 valence electrons. The van der Waals surface area contributed by atoms with Crippen molar-refractivity contribution in [3.05, 3.63) is 64.3 Å². The van der Waals surface area contributed by atoms with Crippen LogP contribution >= 0.6 is 0 Å². The van der Waals surface area contributed by atoms with Crippen LogP contribution in [0.3, 0.4) is 0 Å². The minimum Gasteiger partial charge on any atom is -0.494 e. The van der Waals surface area contributed by atoms with Crippen molar-refractivity contribution in [3.8, 4) is 17.1 Å². The molecule has 0 radical (unpaired) electrons. The minimum absolute atomic E-state index is 0.171. The molecule has 5 nitrogen and oxygen atoms in total. The van der Waals surface area contributed by atoms with Gasteiger partial charge in [0.2, 0.25) is 0 Å². The van der Waals surface area contributed by atoms with Gasteiger partial charge < -0.3 is 14.3 Å². The molecule has 0 fully saturated rings. The Balaban J connectivity index is 2.01. The quantitative estimate of drug-likeness (QED) is 0.769. The van der Waals surface area contributed by atoms with Gasteiger partial charge in [-0.3, -0.25) is 4.79 Å². The van der Waals surface area contributed by atoms with Gasteiger partial charge in [-0.2, -0.15) is 0 Å². The lowest BCUT2D eigenvalue weighted by atomic mass is 10.1. The van der Waals surface area contributed by atoms with E-state index in [-0.39, 0.29) is 11.0 Å². The number of ether oxygens (including phenoxy) is 1. The number of hydrogen-bond donors (Lipinski definition) is 1. The Labute approximate surface area is 138 Å². The Morgan fingerprint density at radius 3 is 2.54 bits per heavy atom. The number of rotatable bonds is 5. The molecule has 0 aliphatic rings. The Bertz CT molecular complexity index is 938. The van der Waals surface area contributed by atoms with Crippen molar-refractivity contribution in [2.45, 2.75) is 13.3 Å². The Morgan fingerprint density at radius 1 is 1.12 bits per heavy atom. The molecule has 0 aliphatic heterocycles. The summed E-state index contributed by atoms with van der Waals surface area (Å²) in [6.07, 6.45) is 0.887. The summed E-state index contributed by atoms with van der Waals surface area (Å²) in [4.78, 5) is 23.3. The molecule has 1 N–H and O–H groups in total. The molecule has 1 aromatic heterocycles. The van der Waals surface area contributed by atoms with Gasteiger partial charge in [-0.1, -0.05) is 19.1 Å². The summed E-state index contributed by atoms with van der Waals surface area (Å²) in [5, 5.41) is 9.39. The predicted molar refractivity (Wildman–Crippen MR) is 90.7 cm³/mol. The van der Waals surface area contributed by atoms with Crippen molar-refractivity contribution < 1.29 is 19.1 Å². The maximum Gasteiger partial charge on any atom is 0.335 e. The molecule has 1 heterocycles. The summed E-state index contributed by atoms with van der Waals surface area (Å²) in [5.74, 6) is 0.0306. The van der Waals surface area contributed by atoms with Crippen molar-refractivity contribution in [2.75, 3.05) is 6.61 Å². The van der Waals surface area contributed by atoms with Gasteiger partial charge in [0.1, 0.15) is 17.1 Å². The van der Waals surface area contributed by atoms with Crippen LogP contribution in [0.25, 0.3) is 22.3 Å². The summed E-state index contributed by atoms with van der Waals surface area (Å²) in [7, 11) is 0. The van der Waals surface area contributed by atoms with Crippen LogP contribution in [0.15, 0.2) is 57.7 Å². The van der Waals surface area contributed by atoms with Gasteiger partial charge in [0.05, 0.1) is 17.6 Å². The smallest absolute Gasteiger partial charge is 0.335 e. The molecule has 5 heteroatoms. The van der Waals surface area contributed by atoms with Gasteiger partial charge in [0.25, 0.3) is 0 Å². The highest BCUT2D eigenvalue weighted by Crippen LogP contribution is 2.25. The lowest BCUT2D eigenvalue weighted by Crippen LogP contribution is -2.02. The zero-order chi connectivity index (χ0) is 17.1.